The Labute approximate surface area is 87.7 Å². The molecule has 0 aromatic heterocycles. The number of hydrogen-bond acceptors (Lipinski definition) is 2. The summed E-state index contributed by atoms with van der Waals surface area (Å²) >= 11 is 3.04. The van der Waals surface area contributed by atoms with Crippen molar-refractivity contribution in [2.24, 2.45) is 0 Å². The standard InChI is InChI=1S/C9H7BrF2O2/c10-4-3-5(11)8(12)7-6(13)1-2-14-9(4)7/h3,5,8H,1-2H2. The van der Waals surface area contributed by atoms with Crippen molar-refractivity contribution in [1.29, 1.82) is 0 Å². The van der Waals surface area contributed by atoms with E-state index in [2.05, 4.69) is 15.9 Å². The summed E-state index contributed by atoms with van der Waals surface area (Å²) in [5.74, 6) is -0.214. The van der Waals surface area contributed by atoms with Gasteiger partial charge in [-0.3, -0.25) is 4.79 Å². The van der Waals surface area contributed by atoms with Gasteiger partial charge in [0.2, 0.25) is 0 Å². The molecular formula is C9H7BrF2O2. The summed E-state index contributed by atoms with van der Waals surface area (Å²) in [5, 5.41) is 0. The monoisotopic (exact) mass is 264 g/mol. The third-order valence-electron chi connectivity index (χ3n) is 2.20. The van der Waals surface area contributed by atoms with Crippen LogP contribution >= 0.6 is 15.9 Å². The molecule has 76 valence electrons. The third-order valence-corrected chi connectivity index (χ3v) is 2.82. The zero-order chi connectivity index (χ0) is 10.3. The molecule has 1 aliphatic carbocycles. The Kier molecular flexibility index (Phi) is 2.43. The Hall–Kier alpha value is -0.710. The number of halogens is 3. The van der Waals surface area contributed by atoms with Crippen LogP contribution in [0.15, 0.2) is 21.9 Å². The van der Waals surface area contributed by atoms with Crippen LogP contribution in [0.5, 0.6) is 0 Å². The van der Waals surface area contributed by atoms with E-state index in [4.69, 9.17) is 4.74 Å². The van der Waals surface area contributed by atoms with E-state index in [1.54, 1.807) is 0 Å². The highest BCUT2D eigenvalue weighted by atomic mass is 79.9. The Bertz CT molecular complexity index is 349. The lowest BCUT2D eigenvalue weighted by molar-refractivity contribution is -0.118. The van der Waals surface area contributed by atoms with Gasteiger partial charge in [0.1, 0.15) is 5.76 Å². The summed E-state index contributed by atoms with van der Waals surface area (Å²) in [6.45, 7) is 0.226. The van der Waals surface area contributed by atoms with Crippen molar-refractivity contribution in [2.75, 3.05) is 6.61 Å². The van der Waals surface area contributed by atoms with Crippen molar-refractivity contribution in [3.05, 3.63) is 21.9 Å². The molecule has 1 aliphatic heterocycles. The van der Waals surface area contributed by atoms with Crippen molar-refractivity contribution in [3.8, 4) is 0 Å². The molecule has 0 bridgehead atoms. The number of hydrogen-bond donors (Lipinski definition) is 0. The molecule has 0 N–H and O–H groups in total. The maximum absolute atomic E-state index is 13.3. The minimum atomic E-state index is -1.89. The van der Waals surface area contributed by atoms with Crippen LogP contribution in [-0.4, -0.2) is 24.7 Å². The molecule has 0 radical (unpaired) electrons. The summed E-state index contributed by atoms with van der Waals surface area (Å²) in [7, 11) is 0. The summed E-state index contributed by atoms with van der Waals surface area (Å²) < 4.78 is 31.8. The molecule has 5 heteroatoms. The predicted molar refractivity (Wildman–Crippen MR) is 49.4 cm³/mol. The molecule has 2 rings (SSSR count). The molecule has 0 fully saturated rings. The Morgan fingerprint density at radius 1 is 1.50 bits per heavy atom. The quantitative estimate of drug-likeness (QED) is 0.671. The van der Waals surface area contributed by atoms with Gasteiger partial charge < -0.3 is 4.74 Å². The van der Waals surface area contributed by atoms with Crippen LogP contribution in [0.25, 0.3) is 0 Å². The molecule has 2 unspecified atom stereocenters. The summed E-state index contributed by atoms with van der Waals surface area (Å²) in [5.41, 5.74) is -0.168. The van der Waals surface area contributed by atoms with Gasteiger partial charge in [0, 0.05) is 6.42 Å². The summed E-state index contributed by atoms with van der Waals surface area (Å²) in [6, 6.07) is 0. The van der Waals surface area contributed by atoms with Gasteiger partial charge >= 0.3 is 0 Å². The van der Waals surface area contributed by atoms with Crippen LogP contribution in [0.2, 0.25) is 0 Å². The van der Waals surface area contributed by atoms with E-state index in [0.29, 0.717) is 4.48 Å². The van der Waals surface area contributed by atoms with E-state index in [1.165, 1.54) is 0 Å². The molecule has 0 saturated carbocycles. The average molecular weight is 265 g/mol. The van der Waals surface area contributed by atoms with Crippen molar-refractivity contribution in [3.63, 3.8) is 0 Å². The minimum Gasteiger partial charge on any atom is -0.491 e. The first-order chi connectivity index (χ1) is 6.61. The molecule has 0 aromatic carbocycles. The molecule has 2 nitrogen and oxygen atoms in total. The van der Waals surface area contributed by atoms with Gasteiger partial charge in [-0.25, -0.2) is 8.78 Å². The van der Waals surface area contributed by atoms with Crippen LogP contribution in [0, 0.1) is 0 Å². The zero-order valence-corrected chi connectivity index (χ0v) is 8.68. The number of allylic oxidation sites excluding steroid dienone is 3. The van der Waals surface area contributed by atoms with Crippen LogP contribution in [0.3, 0.4) is 0 Å². The second-order valence-corrected chi connectivity index (χ2v) is 3.98. The zero-order valence-electron chi connectivity index (χ0n) is 7.10. The predicted octanol–water partition coefficient (Wildman–Crippen LogP) is 2.20. The number of carbonyl (C=O) groups excluding carboxylic acids is 1. The number of ketones is 1. The lowest BCUT2D eigenvalue weighted by Crippen LogP contribution is -2.32. The third kappa shape index (κ3) is 1.39. The van der Waals surface area contributed by atoms with Crippen molar-refractivity contribution >= 4 is 21.7 Å². The minimum absolute atomic E-state index is 0.117. The van der Waals surface area contributed by atoms with E-state index in [9.17, 15) is 13.6 Å². The first-order valence-corrected chi connectivity index (χ1v) is 4.96. The van der Waals surface area contributed by atoms with Crippen molar-refractivity contribution in [1.82, 2.24) is 0 Å². The highest BCUT2D eigenvalue weighted by molar-refractivity contribution is 9.11. The SMILES string of the molecule is O=C1CCOC2=C1C(F)C(F)C=C2Br. The molecule has 0 spiro atoms. The normalized spacial score (nSPS) is 32.2. The van der Waals surface area contributed by atoms with Gasteiger partial charge in [0.25, 0.3) is 0 Å². The Morgan fingerprint density at radius 3 is 2.93 bits per heavy atom. The molecule has 0 aromatic rings. The van der Waals surface area contributed by atoms with E-state index in [-0.39, 0.29) is 30.1 Å². The van der Waals surface area contributed by atoms with Gasteiger partial charge in [0.05, 0.1) is 16.7 Å². The second kappa shape index (κ2) is 3.46. The number of ether oxygens (including phenoxy) is 1. The maximum Gasteiger partial charge on any atom is 0.169 e. The largest absolute Gasteiger partial charge is 0.491 e. The fraction of sp³-hybridized carbons (Fsp3) is 0.444. The van der Waals surface area contributed by atoms with Gasteiger partial charge in [-0.05, 0) is 22.0 Å². The van der Waals surface area contributed by atoms with E-state index in [1.807, 2.05) is 0 Å². The van der Waals surface area contributed by atoms with Crippen LogP contribution < -0.4 is 0 Å². The fourth-order valence-electron chi connectivity index (χ4n) is 1.52. The van der Waals surface area contributed by atoms with Crippen molar-refractivity contribution in [2.45, 2.75) is 18.8 Å². The van der Waals surface area contributed by atoms with Gasteiger partial charge in [-0.15, -0.1) is 0 Å². The fourth-order valence-corrected chi connectivity index (χ4v) is 2.10. The molecule has 2 aliphatic rings. The highest BCUT2D eigenvalue weighted by Gasteiger charge is 2.38. The smallest absolute Gasteiger partial charge is 0.169 e. The second-order valence-electron chi connectivity index (χ2n) is 3.13. The summed E-state index contributed by atoms with van der Waals surface area (Å²) in [6.07, 6.45) is -2.47. The summed E-state index contributed by atoms with van der Waals surface area (Å²) in [4.78, 5) is 11.3. The molecule has 1 heterocycles. The van der Waals surface area contributed by atoms with Gasteiger partial charge in [-0.1, -0.05) is 0 Å². The van der Waals surface area contributed by atoms with Gasteiger partial charge in [0.15, 0.2) is 18.1 Å². The Morgan fingerprint density at radius 2 is 2.21 bits per heavy atom. The number of carbonyl (C=O) groups is 1. The molecular weight excluding hydrogens is 258 g/mol. The van der Waals surface area contributed by atoms with Crippen LogP contribution in [-0.2, 0) is 9.53 Å². The number of Topliss-reactive ketones (excluding diaryl/α,β-unsaturated/α-hetero) is 1. The van der Waals surface area contributed by atoms with E-state index < -0.39 is 12.3 Å². The lowest BCUT2D eigenvalue weighted by Gasteiger charge is -2.26. The topological polar surface area (TPSA) is 26.3 Å². The van der Waals surface area contributed by atoms with Crippen LogP contribution in [0.1, 0.15) is 6.42 Å². The maximum atomic E-state index is 13.3. The number of alkyl halides is 2. The Balaban J connectivity index is 2.48. The molecule has 0 amide bonds. The molecule has 2 atom stereocenters. The van der Waals surface area contributed by atoms with E-state index >= 15 is 0 Å². The van der Waals surface area contributed by atoms with Gasteiger partial charge in [-0.2, -0.15) is 0 Å². The molecule has 14 heavy (non-hydrogen) atoms. The van der Waals surface area contributed by atoms with Crippen molar-refractivity contribution < 1.29 is 18.3 Å². The highest BCUT2D eigenvalue weighted by Crippen LogP contribution is 2.36. The molecule has 0 saturated heterocycles. The number of rotatable bonds is 0. The average Bonchev–Trinajstić information content (AvgIpc) is 2.14. The first-order valence-electron chi connectivity index (χ1n) is 4.17. The van der Waals surface area contributed by atoms with Crippen LogP contribution in [0.4, 0.5) is 8.78 Å². The van der Waals surface area contributed by atoms with E-state index in [0.717, 1.165) is 6.08 Å². The first kappa shape index (κ1) is 9.83. The lowest BCUT2D eigenvalue weighted by atomic mass is 9.93.